The number of nitrogens with zero attached hydrogens (tertiary/aromatic N) is 2. The third-order valence-electron chi connectivity index (χ3n) is 4.87. The van der Waals surface area contributed by atoms with Crippen molar-refractivity contribution in [2.45, 2.75) is 12.6 Å². The standard InChI is InChI=1S/C20H23N3O3/c1-24-16-11-13(12-17(25-2)18(16)26-3)19-22-15-8-5-4-7-14(15)20-21-9-6-10-23(19)20/h4-5,7-8,11-12,19,22H,6,9-10H2,1-3H3/t19-/m0/s1. The highest BCUT2D eigenvalue weighted by Gasteiger charge is 2.33. The monoisotopic (exact) mass is 353 g/mol. The van der Waals surface area contributed by atoms with Gasteiger partial charge < -0.3 is 24.4 Å². The van der Waals surface area contributed by atoms with E-state index in [0.717, 1.165) is 42.2 Å². The molecule has 4 rings (SSSR count). The van der Waals surface area contributed by atoms with Crippen molar-refractivity contribution < 1.29 is 14.2 Å². The minimum atomic E-state index is -0.0438. The first-order valence-corrected chi connectivity index (χ1v) is 8.73. The van der Waals surface area contributed by atoms with E-state index in [1.54, 1.807) is 21.3 Å². The zero-order valence-electron chi connectivity index (χ0n) is 15.3. The lowest BCUT2D eigenvalue weighted by Gasteiger charge is -2.42. The Morgan fingerprint density at radius 1 is 1.04 bits per heavy atom. The number of hydrogen-bond donors (Lipinski definition) is 1. The van der Waals surface area contributed by atoms with E-state index < -0.39 is 0 Å². The molecule has 6 nitrogen and oxygen atoms in total. The molecule has 0 amide bonds. The summed E-state index contributed by atoms with van der Waals surface area (Å²) in [6.45, 7) is 1.81. The number of rotatable bonds is 4. The van der Waals surface area contributed by atoms with E-state index in [-0.39, 0.29) is 6.17 Å². The van der Waals surface area contributed by atoms with Crippen molar-refractivity contribution in [3.63, 3.8) is 0 Å². The number of benzene rings is 2. The maximum absolute atomic E-state index is 5.53. The first-order valence-electron chi connectivity index (χ1n) is 8.73. The van der Waals surface area contributed by atoms with Crippen LogP contribution >= 0.6 is 0 Å². The van der Waals surface area contributed by atoms with Gasteiger partial charge in [-0.3, -0.25) is 4.99 Å². The van der Waals surface area contributed by atoms with E-state index in [2.05, 4.69) is 28.4 Å². The number of para-hydroxylation sites is 1. The molecule has 1 N–H and O–H groups in total. The average Bonchev–Trinajstić information content (AvgIpc) is 2.72. The average molecular weight is 353 g/mol. The minimum absolute atomic E-state index is 0.0438. The summed E-state index contributed by atoms with van der Waals surface area (Å²) in [7, 11) is 4.89. The third-order valence-corrected chi connectivity index (χ3v) is 4.87. The molecule has 2 aromatic carbocycles. The maximum atomic E-state index is 5.53. The molecule has 2 aliphatic rings. The second kappa shape index (κ2) is 6.78. The van der Waals surface area contributed by atoms with Gasteiger partial charge in [0.1, 0.15) is 12.0 Å². The van der Waals surface area contributed by atoms with Crippen molar-refractivity contribution in [2.75, 3.05) is 39.7 Å². The van der Waals surface area contributed by atoms with Crippen molar-refractivity contribution in [1.29, 1.82) is 0 Å². The van der Waals surface area contributed by atoms with Gasteiger partial charge in [0.05, 0.1) is 21.3 Å². The van der Waals surface area contributed by atoms with E-state index in [4.69, 9.17) is 19.2 Å². The SMILES string of the molecule is COc1cc([C@H]2Nc3ccccc3C3=NCCCN32)cc(OC)c1OC. The molecule has 0 spiro atoms. The largest absolute Gasteiger partial charge is 0.493 e. The van der Waals surface area contributed by atoms with Crippen LogP contribution in [-0.4, -0.2) is 45.2 Å². The Balaban J connectivity index is 1.83. The van der Waals surface area contributed by atoms with Crippen LogP contribution in [0.25, 0.3) is 0 Å². The van der Waals surface area contributed by atoms with Gasteiger partial charge in [0.25, 0.3) is 0 Å². The molecule has 26 heavy (non-hydrogen) atoms. The summed E-state index contributed by atoms with van der Waals surface area (Å²) in [6, 6.07) is 12.3. The molecule has 2 aliphatic heterocycles. The third kappa shape index (κ3) is 2.62. The number of ether oxygens (including phenoxy) is 3. The molecule has 0 bridgehead atoms. The Kier molecular flexibility index (Phi) is 4.32. The normalized spacial score (nSPS) is 18.2. The van der Waals surface area contributed by atoms with Crippen molar-refractivity contribution in [3.8, 4) is 17.2 Å². The number of anilines is 1. The first kappa shape index (κ1) is 16.6. The summed E-state index contributed by atoms with van der Waals surface area (Å²) in [5.41, 5.74) is 3.28. The fourth-order valence-electron chi connectivity index (χ4n) is 3.67. The first-order chi connectivity index (χ1) is 12.8. The molecule has 0 aromatic heterocycles. The molecule has 2 heterocycles. The van der Waals surface area contributed by atoms with E-state index in [1.165, 1.54) is 0 Å². The van der Waals surface area contributed by atoms with Crippen LogP contribution in [0.3, 0.4) is 0 Å². The van der Waals surface area contributed by atoms with Gasteiger partial charge in [0.2, 0.25) is 5.75 Å². The summed E-state index contributed by atoms with van der Waals surface area (Å²) < 4.78 is 16.5. The second-order valence-corrected chi connectivity index (χ2v) is 6.30. The van der Waals surface area contributed by atoms with Crippen LogP contribution in [0.1, 0.15) is 23.7 Å². The van der Waals surface area contributed by atoms with Crippen molar-refractivity contribution in [3.05, 3.63) is 47.5 Å². The maximum Gasteiger partial charge on any atom is 0.203 e. The van der Waals surface area contributed by atoms with Gasteiger partial charge in [-0.1, -0.05) is 12.1 Å². The number of methoxy groups -OCH3 is 3. The molecule has 0 saturated heterocycles. The molecule has 0 radical (unpaired) electrons. The molecule has 0 aliphatic carbocycles. The molecule has 136 valence electrons. The second-order valence-electron chi connectivity index (χ2n) is 6.30. The molecule has 0 unspecified atom stereocenters. The van der Waals surface area contributed by atoms with E-state index in [1.807, 2.05) is 18.2 Å². The van der Waals surface area contributed by atoms with Gasteiger partial charge in [-0.15, -0.1) is 0 Å². The highest BCUT2D eigenvalue weighted by Crippen LogP contribution is 2.42. The van der Waals surface area contributed by atoms with Crippen LogP contribution in [0.5, 0.6) is 17.2 Å². The topological polar surface area (TPSA) is 55.3 Å². The summed E-state index contributed by atoms with van der Waals surface area (Å²) >= 11 is 0. The number of aliphatic imine (C=N–C) groups is 1. The van der Waals surface area contributed by atoms with Crippen LogP contribution in [0, 0.1) is 0 Å². The number of fused-ring (bicyclic) bond motifs is 3. The quantitative estimate of drug-likeness (QED) is 0.914. The van der Waals surface area contributed by atoms with E-state index >= 15 is 0 Å². The van der Waals surface area contributed by atoms with Gasteiger partial charge in [0.15, 0.2) is 11.5 Å². The molecular weight excluding hydrogens is 330 g/mol. The fourth-order valence-corrected chi connectivity index (χ4v) is 3.67. The zero-order chi connectivity index (χ0) is 18.1. The van der Waals surface area contributed by atoms with Gasteiger partial charge in [-0.2, -0.15) is 0 Å². The predicted octanol–water partition coefficient (Wildman–Crippen LogP) is 3.29. The van der Waals surface area contributed by atoms with Crippen LogP contribution in [0.4, 0.5) is 5.69 Å². The summed E-state index contributed by atoms with van der Waals surface area (Å²) in [4.78, 5) is 7.11. The highest BCUT2D eigenvalue weighted by atomic mass is 16.5. The Labute approximate surface area is 153 Å². The Hall–Kier alpha value is -2.89. The Bertz CT molecular complexity index is 825. The lowest BCUT2D eigenvalue weighted by molar-refractivity contribution is 0.309. The number of amidine groups is 1. The molecule has 6 heteroatoms. The van der Waals surface area contributed by atoms with Gasteiger partial charge >= 0.3 is 0 Å². The minimum Gasteiger partial charge on any atom is -0.493 e. The molecule has 0 saturated carbocycles. The van der Waals surface area contributed by atoms with Crippen LogP contribution in [-0.2, 0) is 0 Å². The predicted molar refractivity (Wildman–Crippen MR) is 102 cm³/mol. The van der Waals surface area contributed by atoms with Gasteiger partial charge in [-0.05, 0) is 30.7 Å². The number of nitrogens with one attached hydrogen (secondary N) is 1. The summed E-state index contributed by atoms with van der Waals surface area (Å²) in [5.74, 6) is 2.95. The van der Waals surface area contributed by atoms with Gasteiger partial charge in [-0.25, -0.2) is 0 Å². The van der Waals surface area contributed by atoms with Crippen molar-refractivity contribution in [2.24, 2.45) is 4.99 Å². The van der Waals surface area contributed by atoms with Crippen molar-refractivity contribution in [1.82, 2.24) is 4.90 Å². The Morgan fingerprint density at radius 3 is 2.46 bits per heavy atom. The number of hydrogen-bond acceptors (Lipinski definition) is 6. The van der Waals surface area contributed by atoms with Crippen LogP contribution in [0.15, 0.2) is 41.4 Å². The lowest BCUT2D eigenvalue weighted by Crippen LogP contribution is -2.46. The highest BCUT2D eigenvalue weighted by molar-refractivity contribution is 6.05. The van der Waals surface area contributed by atoms with Crippen molar-refractivity contribution >= 4 is 11.5 Å². The molecule has 1 atom stereocenters. The molecular formula is C20H23N3O3. The summed E-state index contributed by atoms with van der Waals surface area (Å²) in [6.07, 6.45) is 0.992. The molecule has 0 fully saturated rings. The van der Waals surface area contributed by atoms with E-state index in [9.17, 15) is 0 Å². The van der Waals surface area contributed by atoms with E-state index in [0.29, 0.717) is 17.2 Å². The molecule has 2 aromatic rings. The van der Waals surface area contributed by atoms with Crippen LogP contribution < -0.4 is 19.5 Å². The summed E-state index contributed by atoms with van der Waals surface area (Å²) in [5, 5.41) is 3.65. The fraction of sp³-hybridized carbons (Fsp3) is 0.350. The smallest absolute Gasteiger partial charge is 0.203 e. The lowest BCUT2D eigenvalue weighted by atomic mass is 10.0. The van der Waals surface area contributed by atoms with Crippen LogP contribution in [0.2, 0.25) is 0 Å². The zero-order valence-corrected chi connectivity index (χ0v) is 15.3. The Morgan fingerprint density at radius 2 is 1.77 bits per heavy atom. The van der Waals surface area contributed by atoms with Gasteiger partial charge in [0, 0.05) is 29.9 Å².